The fourth-order valence-corrected chi connectivity index (χ4v) is 2.89. The van der Waals surface area contributed by atoms with Crippen LogP contribution in [0.3, 0.4) is 0 Å². The smallest absolute Gasteiger partial charge is 0.234 e. The van der Waals surface area contributed by atoms with Crippen LogP contribution in [0.15, 0.2) is 10.6 Å². The van der Waals surface area contributed by atoms with E-state index in [0.717, 1.165) is 5.69 Å². The molecule has 2 N–H and O–H groups in total. The van der Waals surface area contributed by atoms with Crippen molar-refractivity contribution in [3.63, 3.8) is 0 Å². The number of carbonyl (C=O) groups is 1. The fraction of sp³-hybridized carbons (Fsp3) is 0.667. The van der Waals surface area contributed by atoms with Gasteiger partial charge in [0.1, 0.15) is 17.7 Å². The summed E-state index contributed by atoms with van der Waals surface area (Å²) < 4.78 is 10.2. The lowest BCUT2D eigenvalue weighted by molar-refractivity contribution is -0.134. The summed E-state index contributed by atoms with van der Waals surface area (Å²) in [6, 6.07) is 1.23. The predicted octanol–water partition coefficient (Wildman–Crippen LogP) is 1.31. The van der Waals surface area contributed by atoms with Gasteiger partial charge in [-0.05, 0) is 12.8 Å². The van der Waals surface area contributed by atoms with Crippen LogP contribution in [0.1, 0.15) is 37.6 Å². The quantitative estimate of drug-likeness (QED) is 0.645. The van der Waals surface area contributed by atoms with Gasteiger partial charge in [-0.15, -0.1) is 0 Å². The van der Waals surface area contributed by atoms with Crippen LogP contribution < -0.4 is 0 Å². The molecule has 0 aliphatic carbocycles. The molecule has 22 heavy (non-hydrogen) atoms. The molecule has 1 aliphatic heterocycles. The lowest BCUT2D eigenvalue weighted by Crippen LogP contribution is -2.44. The minimum absolute atomic E-state index is 0.00923. The summed E-state index contributed by atoms with van der Waals surface area (Å²) in [6.45, 7) is 5.87. The van der Waals surface area contributed by atoms with Crippen molar-refractivity contribution in [2.75, 3.05) is 13.7 Å². The van der Waals surface area contributed by atoms with E-state index in [1.54, 1.807) is 13.0 Å². The Morgan fingerprint density at radius 3 is 2.77 bits per heavy atom. The number of hydrogen-bond acceptors (Lipinski definition) is 6. The van der Waals surface area contributed by atoms with Crippen molar-refractivity contribution >= 4 is 11.8 Å². The summed E-state index contributed by atoms with van der Waals surface area (Å²) in [6.07, 6.45) is -0.327. The molecule has 2 rings (SSSR count). The van der Waals surface area contributed by atoms with Crippen LogP contribution in [0.25, 0.3) is 0 Å². The molecule has 7 nitrogen and oxygen atoms in total. The molecule has 0 bridgehead atoms. The third kappa shape index (κ3) is 3.14. The minimum atomic E-state index is -0.645. The van der Waals surface area contributed by atoms with E-state index in [-0.39, 0.29) is 24.3 Å². The van der Waals surface area contributed by atoms with Crippen LogP contribution in [0, 0.1) is 18.3 Å². The standard InChI is InChI=1S/C15H23N3O4/c1-8(2)13(12-5-9(3)17-22-12)15(20)18-7-10(19)6-11(18)14(16)21-4/h5,8,10-11,13,16,19H,6-7H2,1-4H3/t10-,11+,13?/m1/s1. The number of aryl methyl sites for hydroxylation is 1. The first kappa shape index (κ1) is 16.5. The number of rotatable bonds is 4. The molecule has 0 saturated carbocycles. The first-order valence-corrected chi connectivity index (χ1v) is 7.39. The van der Waals surface area contributed by atoms with Gasteiger partial charge < -0.3 is 19.3 Å². The Balaban J connectivity index is 2.28. The van der Waals surface area contributed by atoms with Crippen LogP contribution in [-0.4, -0.2) is 52.8 Å². The molecule has 7 heteroatoms. The van der Waals surface area contributed by atoms with Gasteiger partial charge in [0, 0.05) is 19.0 Å². The largest absolute Gasteiger partial charge is 0.483 e. The highest BCUT2D eigenvalue weighted by atomic mass is 16.5. The van der Waals surface area contributed by atoms with E-state index in [4.69, 9.17) is 14.7 Å². The number of likely N-dealkylation sites (tertiary alicyclic amines) is 1. The first-order chi connectivity index (χ1) is 10.3. The normalized spacial score (nSPS) is 22.9. The molecule has 1 aromatic heterocycles. The lowest BCUT2D eigenvalue weighted by atomic mass is 9.91. The Bertz CT molecular complexity index is 555. The van der Waals surface area contributed by atoms with Gasteiger partial charge in [0.15, 0.2) is 0 Å². The number of methoxy groups -OCH3 is 1. The van der Waals surface area contributed by atoms with Crippen molar-refractivity contribution in [3.05, 3.63) is 17.5 Å². The third-order valence-electron chi connectivity index (χ3n) is 3.97. The van der Waals surface area contributed by atoms with Gasteiger partial charge in [0.2, 0.25) is 11.8 Å². The summed E-state index contributed by atoms with van der Waals surface area (Å²) in [5, 5.41) is 21.6. The number of nitrogens with one attached hydrogen (secondary N) is 1. The number of amides is 1. The van der Waals surface area contributed by atoms with Crippen molar-refractivity contribution in [2.45, 2.75) is 45.3 Å². The summed E-state index contributed by atoms with van der Waals surface area (Å²) in [4.78, 5) is 14.5. The number of β-amino-alcohol motifs (C(OH)–C–C–N with tert-alkyl or cyclic N) is 1. The van der Waals surface area contributed by atoms with Crippen LogP contribution in [0.4, 0.5) is 0 Å². The van der Waals surface area contributed by atoms with E-state index in [0.29, 0.717) is 12.2 Å². The maximum Gasteiger partial charge on any atom is 0.234 e. The van der Waals surface area contributed by atoms with E-state index in [2.05, 4.69) is 5.16 Å². The van der Waals surface area contributed by atoms with Crippen molar-refractivity contribution in [3.8, 4) is 0 Å². The molecular weight excluding hydrogens is 286 g/mol. The van der Waals surface area contributed by atoms with Crippen LogP contribution in [0.5, 0.6) is 0 Å². The molecule has 1 amide bonds. The molecule has 3 atom stereocenters. The Morgan fingerprint density at radius 2 is 2.27 bits per heavy atom. The molecule has 122 valence electrons. The van der Waals surface area contributed by atoms with Gasteiger partial charge in [-0.1, -0.05) is 19.0 Å². The Morgan fingerprint density at radius 1 is 1.59 bits per heavy atom. The third-order valence-corrected chi connectivity index (χ3v) is 3.97. The second kappa shape index (κ2) is 6.48. The maximum absolute atomic E-state index is 12.9. The summed E-state index contributed by atoms with van der Waals surface area (Å²) in [7, 11) is 1.40. The molecule has 0 radical (unpaired) electrons. The predicted molar refractivity (Wildman–Crippen MR) is 79.7 cm³/mol. The maximum atomic E-state index is 12.9. The molecular formula is C15H23N3O4. The van der Waals surface area contributed by atoms with Crippen molar-refractivity contribution in [1.82, 2.24) is 10.1 Å². The van der Waals surface area contributed by atoms with Gasteiger partial charge in [-0.3, -0.25) is 10.2 Å². The SMILES string of the molecule is COC(=N)[C@@H]1C[C@@H](O)CN1C(=O)C(c1cc(C)no1)C(C)C. The number of aliphatic hydroxyl groups is 1. The number of nitrogens with zero attached hydrogens (tertiary/aromatic N) is 2. The Hall–Kier alpha value is -1.89. The zero-order valence-corrected chi connectivity index (χ0v) is 13.4. The van der Waals surface area contributed by atoms with Gasteiger partial charge in [-0.2, -0.15) is 0 Å². The number of carbonyl (C=O) groups excluding carboxylic acids is 1. The zero-order chi connectivity index (χ0) is 16.4. The van der Waals surface area contributed by atoms with Gasteiger partial charge >= 0.3 is 0 Å². The molecule has 1 saturated heterocycles. The molecule has 1 fully saturated rings. The van der Waals surface area contributed by atoms with E-state index >= 15 is 0 Å². The minimum Gasteiger partial charge on any atom is -0.483 e. The number of hydrogen-bond donors (Lipinski definition) is 2. The van der Waals surface area contributed by atoms with Gasteiger partial charge in [-0.25, -0.2) is 0 Å². The highest BCUT2D eigenvalue weighted by molar-refractivity contribution is 5.90. The Labute approximate surface area is 129 Å². The first-order valence-electron chi connectivity index (χ1n) is 7.39. The molecule has 1 aromatic rings. The van der Waals surface area contributed by atoms with Crippen LogP contribution >= 0.6 is 0 Å². The molecule has 2 heterocycles. The molecule has 1 unspecified atom stereocenters. The number of aromatic nitrogens is 1. The van der Waals surface area contributed by atoms with Gasteiger partial charge in [0.05, 0.1) is 18.9 Å². The van der Waals surface area contributed by atoms with Crippen molar-refractivity contribution in [2.24, 2.45) is 5.92 Å². The summed E-state index contributed by atoms with van der Waals surface area (Å²) in [5.74, 6) is -0.147. The second-order valence-electron chi connectivity index (χ2n) is 6.06. The van der Waals surface area contributed by atoms with E-state index in [9.17, 15) is 9.90 Å². The topological polar surface area (TPSA) is 99.7 Å². The second-order valence-corrected chi connectivity index (χ2v) is 6.06. The molecule has 1 aliphatic rings. The lowest BCUT2D eigenvalue weighted by Gasteiger charge is -2.28. The van der Waals surface area contributed by atoms with Crippen LogP contribution in [0.2, 0.25) is 0 Å². The average Bonchev–Trinajstić information content (AvgIpc) is 3.04. The highest BCUT2D eigenvalue weighted by Crippen LogP contribution is 2.31. The highest BCUT2D eigenvalue weighted by Gasteiger charge is 2.42. The number of ether oxygens (including phenoxy) is 1. The van der Waals surface area contributed by atoms with E-state index in [1.165, 1.54) is 12.0 Å². The van der Waals surface area contributed by atoms with Crippen molar-refractivity contribution < 1.29 is 19.2 Å². The molecule has 0 aromatic carbocycles. The monoisotopic (exact) mass is 309 g/mol. The van der Waals surface area contributed by atoms with E-state index < -0.39 is 18.1 Å². The zero-order valence-electron chi connectivity index (χ0n) is 13.4. The summed E-state index contributed by atoms with van der Waals surface area (Å²) >= 11 is 0. The van der Waals surface area contributed by atoms with Gasteiger partial charge in [0.25, 0.3) is 0 Å². The van der Waals surface area contributed by atoms with Crippen LogP contribution in [-0.2, 0) is 9.53 Å². The number of aliphatic hydroxyl groups excluding tert-OH is 1. The van der Waals surface area contributed by atoms with Crippen molar-refractivity contribution in [1.29, 1.82) is 5.41 Å². The average molecular weight is 309 g/mol. The molecule has 0 spiro atoms. The summed E-state index contributed by atoms with van der Waals surface area (Å²) in [5.41, 5.74) is 0.719. The van der Waals surface area contributed by atoms with E-state index in [1.807, 2.05) is 13.8 Å². The fourth-order valence-electron chi connectivity index (χ4n) is 2.89. The Kier molecular flexibility index (Phi) is 4.85.